The highest BCUT2D eigenvalue weighted by atomic mass is 16.5. The standard InChI is InChI=1S/C25H31NO2/c1-4-19-10-12-20(13-11-19)17-28-24-15-21(18(2)3)14-22(16-24)25(27)26-23-8-6-5-7-9-23/h5-14,18,21,24H,4,15-17H2,1-3H3,(H,26,27)/t21-,24-/m1/s1. The first-order valence-electron chi connectivity index (χ1n) is 10.3. The third-order valence-corrected chi connectivity index (χ3v) is 5.49. The van der Waals surface area contributed by atoms with Crippen molar-refractivity contribution in [3.8, 4) is 0 Å². The summed E-state index contributed by atoms with van der Waals surface area (Å²) in [4.78, 5) is 12.8. The maximum absolute atomic E-state index is 12.8. The molecule has 0 bridgehead atoms. The number of carbonyl (C=O) groups is 1. The van der Waals surface area contributed by atoms with Crippen LogP contribution in [-0.2, 0) is 22.6 Å². The van der Waals surface area contributed by atoms with E-state index in [0.29, 0.717) is 24.9 Å². The van der Waals surface area contributed by atoms with Crippen molar-refractivity contribution >= 4 is 11.6 Å². The lowest BCUT2D eigenvalue weighted by molar-refractivity contribution is -0.113. The third kappa shape index (κ3) is 5.56. The van der Waals surface area contributed by atoms with Gasteiger partial charge in [-0.2, -0.15) is 0 Å². The molecule has 148 valence electrons. The van der Waals surface area contributed by atoms with E-state index < -0.39 is 0 Å². The largest absolute Gasteiger partial charge is 0.373 e. The van der Waals surface area contributed by atoms with Crippen molar-refractivity contribution in [2.45, 2.75) is 52.7 Å². The summed E-state index contributed by atoms with van der Waals surface area (Å²) in [6.07, 6.45) is 4.89. The van der Waals surface area contributed by atoms with E-state index in [0.717, 1.165) is 24.1 Å². The molecule has 1 aliphatic carbocycles. The van der Waals surface area contributed by atoms with Crippen molar-refractivity contribution in [3.63, 3.8) is 0 Å². The van der Waals surface area contributed by atoms with Crippen molar-refractivity contribution in [1.29, 1.82) is 0 Å². The van der Waals surface area contributed by atoms with Crippen LogP contribution in [0, 0.1) is 11.8 Å². The summed E-state index contributed by atoms with van der Waals surface area (Å²) in [7, 11) is 0. The summed E-state index contributed by atoms with van der Waals surface area (Å²) < 4.78 is 6.23. The lowest BCUT2D eigenvalue weighted by atomic mass is 9.81. The number of rotatable bonds is 7. The molecule has 0 heterocycles. The molecule has 28 heavy (non-hydrogen) atoms. The fourth-order valence-electron chi connectivity index (χ4n) is 3.60. The Bertz CT molecular complexity index is 793. The van der Waals surface area contributed by atoms with E-state index in [2.05, 4.69) is 56.4 Å². The molecule has 2 aromatic carbocycles. The highest BCUT2D eigenvalue weighted by molar-refractivity contribution is 6.03. The number of hydrogen-bond acceptors (Lipinski definition) is 2. The Morgan fingerprint density at radius 2 is 1.75 bits per heavy atom. The van der Waals surface area contributed by atoms with Gasteiger partial charge in [0.25, 0.3) is 5.91 Å². The van der Waals surface area contributed by atoms with Crippen molar-refractivity contribution in [2.75, 3.05) is 5.32 Å². The smallest absolute Gasteiger partial charge is 0.251 e. The van der Waals surface area contributed by atoms with Crippen LogP contribution in [-0.4, -0.2) is 12.0 Å². The van der Waals surface area contributed by atoms with Gasteiger partial charge in [0, 0.05) is 17.7 Å². The molecule has 0 spiro atoms. The van der Waals surface area contributed by atoms with Gasteiger partial charge in [0.2, 0.25) is 0 Å². The van der Waals surface area contributed by atoms with Crippen LogP contribution in [0.1, 0.15) is 44.7 Å². The number of aryl methyl sites for hydroxylation is 1. The number of ether oxygens (including phenoxy) is 1. The predicted molar refractivity (Wildman–Crippen MR) is 115 cm³/mol. The molecule has 3 nitrogen and oxygen atoms in total. The quantitative estimate of drug-likeness (QED) is 0.666. The number of nitrogens with one attached hydrogen (secondary N) is 1. The van der Waals surface area contributed by atoms with Gasteiger partial charge in [-0.3, -0.25) is 4.79 Å². The Balaban J connectivity index is 1.64. The van der Waals surface area contributed by atoms with Gasteiger partial charge in [0.1, 0.15) is 0 Å². The number of amides is 1. The third-order valence-electron chi connectivity index (χ3n) is 5.49. The highest BCUT2D eigenvalue weighted by Gasteiger charge is 2.28. The summed E-state index contributed by atoms with van der Waals surface area (Å²) in [6, 6.07) is 18.2. The summed E-state index contributed by atoms with van der Waals surface area (Å²) in [5.74, 6) is 0.824. The first-order valence-corrected chi connectivity index (χ1v) is 10.3. The van der Waals surface area contributed by atoms with Crippen LogP contribution in [0.5, 0.6) is 0 Å². The van der Waals surface area contributed by atoms with Crippen LogP contribution in [0.15, 0.2) is 66.2 Å². The summed E-state index contributed by atoms with van der Waals surface area (Å²) in [5, 5.41) is 3.02. The molecule has 2 atom stereocenters. The number of para-hydroxylation sites is 1. The van der Waals surface area contributed by atoms with Gasteiger partial charge in [0.15, 0.2) is 0 Å². The maximum atomic E-state index is 12.8. The molecule has 3 rings (SSSR count). The molecular weight excluding hydrogens is 346 g/mol. The zero-order valence-corrected chi connectivity index (χ0v) is 17.2. The Labute approximate surface area is 168 Å². The van der Waals surface area contributed by atoms with Crippen LogP contribution < -0.4 is 5.32 Å². The topological polar surface area (TPSA) is 38.3 Å². The van der Waals surface area contributed by atoms with Gasteiger partial charge in [0.05, 0.1) is 12.7 Å². The molecule has 0 aromatic heterocycles. The van der Waals surface area contributed by atoms with E-state index in [1.54, 1.807) is 0 Å². The molecule has 0 saturated carbocycles. The molecule has 1 N–H and O–H groups in total. The lowest BCUT2D eigenvalue weighted by Crippen LogP contribution is -2.29. The zero-order valence-electron chi connectivity index (χ0n) is 17.2. The molecule has 0 unspecified atom stereocenters. The number of carbonyl (C=O) groups excluding carboxylic acids is 1. The average Bonchev–Trinajstić information content (AvgIpc) is 2.73. The molecule has 0 fully saturated rings. The summed E-state index contributed by atoms with van der Waals surface area (Å²) >= 11 is 0. The number of benzene rings is 2. The molecule has 0 aliphatic heterocycles. The summed E-state index contributed by atoms with van der Waals surface area (Å²) in [5.41, 5.74) is 4.18. The van der Waals surface area contributed by atoms with Crippen molar-refractivity contribution in [2.24, 2.45) is 11.8 Å². The van der Waals surface area contributed by atoms with E-state index in [-0.39, 0.29) is 12.0 Å². The molecule has 1 aliphatic rings. The zero-order chi connectivity index (χ0) is 19.9. The fourth-order valence-corrected chi connectivity index (χ4v) is 3.60. The Kier molecular flexibility index (Phi) is 7.05. The Morgan fingerprint density at radius 1 is 1.07 bits per heavy atom. The minimum atomic E-state index is -0.0163. The van der Waals surface area contributed by atoms with Crippen LogP contribution in [0.2, 0.25) is 0 Å². The Hall–Kier alpha value is -2.39. The minimum absolute atomic E-state index is 0.0163. The van der Waals surface area contributed by atoms with Gasteiger partial charge in [-0.25, -0.2) is 0 Å². The first-order chi connectivity index (χ1) is 13.5. The SMILES string of the molecule is CCc1ccc(CO[C@H]2CC(C(=O)Nc3ccccc3)=C[C@@H](C(C)C)C2)cc1. The van der Waals surface area contributed by atoms with E-state index >= 15 is 0 Å². The van der Waals surface area contributed by atoms with Crippen LogP contribution in [0.3, 0.4) is 0 Å². The van der Waals surface area contributed by atoms with Gasteiger partial charge in [-0.1, -0.05) is 69.3 Å². The molecule has 2 aromatic rings. The van der Waals surface area contributed by atoms with Crippen molar-refractivity contribution in [1.82, 2.24) is 0 Å². The number of anilines is 1. The average molecular weight is 378 g/mol. The molecule has 0 saturated heterocycles. The maximum Gasteiger partial charge on any atom is 0.251 e. The molecule has 1 amide bonds. The highest BCUT2D eigenvalue weighted by Crippen LogP contribution is 2.31. The number of allylic oxidation sites excluding steroid dienone is 1. The van der Waals surface area contributed by atoms with Crippen LogP contribution in [0.25, 0.3) is 0 Å². The van der Waals surface area contributed by atoms with E-state index in [1.165, 1.54) is 11.1 Å². The lowest BCUT2D eigenvalue weighted by Gasteiger charge is -2.30. The van der Waals surface area contributed by atoms with Gasteiger partial charge >= 0.3 is 0 Å². The molecular formula is C25H31NO2. The molecule has 0 radical (unpaired) electrons. The van der Waals surface area contributed by atoms with E-state index in [9.17, 15) is 4.79 Å². The first kappa shape index (κ1) is 20.3. The second-order valence-electron chi connectivity index (χ2n) is 7.96. The van der Waals surface area contributed by atoms with Crippen molar-refractivity contribution < 1.29 is 9.53 Å². The van der Waals surface area contributed by atoms with Crippen molar-refractivity contribution in [3.05, 3.63) is 77.4 Å². The predicted octanol–water partition coefficient (Wildman–Crippen LogP) is 5.77. The minimum Gasteiger partial charge on any atom is -0.373 e. The van der Waals surface area contributed by atoms with Crippen LogP contribution >= 0.6 is 0 Å². The van der Waals surface area contributed by atoms with E-state index in [4.69, 9.17) is 4.74 Å². The normalized spacial score (nSPS) is 19.4. The van der Waals surface area contributed by atoms with Gasteiger partial charge in [-0.15, -0.1) is 0 Å². The summed E-state index contributed by atoms with van der Waals surface area (Å²) in [6.45, 7) is 7.17. The van der Waals surface area contributed by atoms with Gasteiger partial charge < -0.3 is 10.1 Å². The number of hydrogen-bond donors (Lipinski definition) is 1. The Morgan fingerprint density at radius 3 is 2.39 bits per heavy atom. The second kappa shape index (κ2) is 9.70. The fraction of sp³-hybridized carbons (Fsp3) is 0.400. The second-order valence-corrected chi connectivity index (χ2v) is 7.96. The van der Waals surface area contributed by atoms with Crippen LogP contribution in [0.4, 0.5) is 5.69 Å². The van der Waals surface area contributed by atoms with Gasteiger partial charge in [-0.05, 0) is 47.9 Å². The monoisotopic (exact) mass is 377 g/mol. The van der Waals surface area contributed by atoms with E-state index in [1.807, 2.05) is 30.3 Å². The molecule has 3 heteroatoms.